The van der Waals surface area contributed by atoms with Gasteiger partial charge in [-0.25, -0.2) is 0 Å². The van der Waals surface area contributed by atoms with Crippen molar-refractivity contribution in [3.63, 3.8) is 0 Å². The Balaban J connectivity index is 1.69. The van der Waals surface area contributed by atoms with E-state index in [-0.39, 0.29) is 17.9 Å². The zero-order valence-electron chi connectivity index (χ0n) is 21.0. The van der Waals surface area contributed by atoms with Crippen molar-refractivity contribution in [2.45, 2.75) is 38.6 Å². The summed E-state index contributed by atoms with van der Waals surface area (Å²) in [6.07, 6.45) is 1.86. The molecule has 1 amide bonds. The second-order valence-corrected chi connectivity index (χ2v) is 9.02. The van der Waals surface area contributed by atoms with Crippen molar-refractivity contribution in [1.29, 1.82) is 0 Å². The molecule has 0 radical (unpaired) electrons. The summed E-state index contributed by atoms with van der Waals surface area (Å²) in [5, 5.41) is 2.64. The summed E-state index contributed by atoms with van der Waals surface area (Å²) in [5.41, 5.74) is 10.5. The number of hydrogen-bond acceptors (Lipinski definition) is 6. The molecule has 186 valence electrons. The minimum Gasteiger partial charge on any atom is -0.493 e. The average Bonchev–Trinajstić information content (AvgIpc) is 2.87. The van der Waals surface area contributed by atoms with Gasteiger partial charge in [-0.3, -0.25) is 20.1 Å². The van der Waals surface area contributed by atoms with E-state index in [1.165, 1.54) is 5.56 Å². The molecule has 0 spiro atoms. The van der Waals surface area contributed by atoms with Gasteiger partial charge in [0.05, 0.1) is 25.5 Å². The number of amides is 1. The number of nitrogens with one attached hydrogen (secondary N) is 1. The highest BCUT2D eigenvalue weighted by atomic mass is 16.5. The normalized spacial score (nSPS) is 19.9. The van der Waals surface area contributed by atoms with E-state index in [0.29, 0.717) is 30.4 Å². The summed E-state index contributed by atoms with van der Waals surface area (Å²) in [4.78, 5) is 24.3. The number of carbonyl (C=O) groups excluding carboxylic acids is 1. The molecule has 3 N–H and O–H groups in total. The van der Waals surface area contributed by atoms with Crippen LogP contribution in [0.5, 0.6) is 11.5 Å². The van der Waals surface area contributed by atoms with Crippen LogP contribution in [0.25, 0.3) is 0 Å². The lowest BCUT2D eigenvalue weighted by molar-refractivity contribution is 0.0976. The number of nitrogens with zero attached hydrogens (tertiary/aromatic N) is 3. The number of nitrogens with two attached hydrogens (primary N) is 1. The largest absolute Gasteiger partial charge is 0.493 e. The summed E-state index contributed by atoms with van der Waals surface area (Å²) in [5.74, 6) is 1.61. The molecule has 2 atom stereocenters. The third kappa shape index (κ3) is 5.32. The Morgan fingerprint density at radius 2 is 2.00 bits per heavy atom. The van der Waals surface area contributed by atoms with E-state index in [9.17, 15) is 4.79 Å². The molecule has 2 heterocycles. The molecule has 1 fully saturated rings. The first-order valence-electron chi connectivity index (χ1n) is 12.3. The van der Waals surface area contributed by atoms with Crippen molar-refractivity contribution in [2.75, 3.05) is 40.4 Å². The number of likely N-dealkylation sites (N-methyl/N-ethyl adjacent to an activating group) is 1. The van der Waals surface area contributed by atoms with Crippen molar-refractivity contribution in [2.24, 2.45) is 15.7 Å². The SMILES string of the molecule is CCCN=C(N)NC(=O)c1ccc(C2=N[C@H]3CCN(C)C[C@H]3c3cc(OCC)c(OC)cc32)cc1. The summed E-state index contributed by atoms with van der Waals surface area (Å²) < 4.78 is 11.6. The van der Waals surface area contributed by atoms with E-state index < -0.39 is 0 Å². The number of guanidine groups is 1. The molecule has 2 aliphatic rings. The highest BCUT2D eigenvalue weighted by molar-refractivity contribution is 6.15. The molecule has 0 saturated carbocycles. The Morgan fingerprint density at radius 3 is 2.69 bits per heavy atom. The topological polar surface area (TPSA) is 102 Å². The van der Waals surface area contributed by atoms with E-state index >= 15 is 0 Å². The van der Waals surface area contributed by atoms with Gasteiger partial charge in [0.25, 0.3) is 5.91 Å². The Hall–Kier alpha value is -3.39. The minimum atomic E-state index is -0.279. The molecule has 35 heavy (non-hydrogen) atoms. The lowest BCUT2D eigenvalue weighted by atomic mass is 9.79. The summed E-state index contributed by atoms with van der Waals surface area (Å²) in [6.45, 7) is 7.10. The van der Waals surface area contributed by atoms with E-state index in [1.807, 2.05) is 32.0 Å². The average molecular weight is 478 g/mol. The molecule has 4 rings (SSSR count). The van der Waals surface area contributed by atoms with Crippen LogP contribution in [0.3, 0.4) is 0 Å². The molecule has 8 nitrogen and oxygen atoms in total. The van der Waals surface area contributed by atoms with E-state index in [2.05, 4.69) is 28.3 Å². The zero-order chi connectivity index (χ0) is 24.9. The molecule has 0 bridgehead atoms. The molecule has 2 aliphatic heterocycles. The van der Waals surface area contributed by atoms with Crippen LogP contribution in [-0.4, -0.2) is 68.9 Å². The molecular formula is C27H35N5O3. The maximum Gasteiger partial charge on any atom is 0.257 e. The number of rotatable bonds is 7. The molecule has 8 heteroatoms. The van der Waals surface area contributed by atoms with Crippen LogP contribution in [0.1, 0.15) is 59.7 Å². The van der Waals surface area contributed by atoms with Crippen LogP contribution >= 0.6 is 0 Å². The van der Waals surface area contributed by atoms with Crippen molar-refractivity contribution >= 4 is 17.6 Å². The van der Waals surface area contributed by atoms with Gasteiger partial charge in [-0.1, -0.05) is 19.1 Å². The lowest BCUT2D eigenvalue weighted by Crippen LogP contribution is -2.41. The number of benzene rings is 2. The summed E-state index contributed by atoms with van der Waals surface area (Å²) in [6, 6.07) is 11.8. The Bertz CT molecular complexity index is 1130. The Labute approximate surface area is 207 Å². The van der Waals surface area contributed by atoms with Crippen molar-refractivity contribution in [1.82, 2.24) is 10.2 Å². The molecule has 0 unspecified atom stereocenters. The minimum absolute atomic E-state index is 0.136. The molecule has 2 aromatic carbocycles. The smallest absolute Gasteiger partial charge is 0.257 e. The van der Waals surface area contributed by atoms with Crippen molar-refractivity contribution in [3.05, 3.63) is 58.7 Å². The first-order valence-corrected chi connectivity index (χ1v) is 12.3. The van der Waals surface area contributed by atoms with Gasteiger partial charge in [0.15, 0.2) is 17.5 Å². The van der Waals surface area contributed by atoms with Crippen molar-refractivity contribution in [3.8, 4) is 11.5 Å². The lowest BCUT2D eigenvalue weighted by Gasteiger charge is -2.39. The van der Waals surface area contributed by atoms with E-state index in [4.69, 9.17) is 20.2 Å². The fourth-order valence-corrected chi connectivity index (χ4v) is 4.78. The molecule has 2 aromatic rings. The van der Waals surface area contributed by atoms with Gasteiger partial charge in [-0.2, -0.15) is 0 Å². The zero-order valence-corrected chi connectivity index (χ0v) is 21.0. The Kier molecular flexibility index (Phi) is 7.70. The van der Waals surface area contributed by atoms with Crippen LogP contribution in [0, 0.1) is 0 Å². The van der Waals surface area contributed by atoms with Crippen LogP contribution < -0.4 is 20.5 Å². The molecular weight excluding hydrogens is 442 g/mol. The van der Waals surface area contributed by atoms with E-state index in [1.54, 1.807) is 19.2 Å². The number of carbonyl (C=O) groups is 1. The number of ether oxygens (including phenoxy) is 2. The quantitative estimate of drug-likeness (QED) is 0.471. The van der Waals surface area contributed by atoms with Crippen LogP contribution in [0.15, 0.2) is 46.4 Å². The first-order chi connectivity index (χ1) is 16.9. The Morgan fingerprint density at radius 1 is 1.23 bits per heavy atom. The summed E-state index contributed by atoms with van der Waals surface area (Å²) >= 11 is 0. The van der Waals surface area contributed by atoms with Gasteiger partial charge >= 0.3 is 0 Å². The van der Waals surface area contributed by atoms with Gasteiger partial charge in [-0.05, 0) is 63.2 Å². The predicted octanol–water partition coefficient (Wildman–Crippen LogP) is 3.19. The number of hydrogen-bond donors (Lipinski definition) is 2. The maximum absolute atomic E-state index is 12.6. The van der Waals surface area contributed by atoms with Gasteiger partial charge in [0, 0.05) is 35.7 Å². The highest BCUT2D eigenvalue weighted by Crippen LogP contribution is 2.42. The van der Waals surface area contributed by atoms with Gasteiger partial charge in [0.1, 0.15) is 0 Å². The predicted molar refractivity (Wildman–Crippen MR) is 139 cm³/mol. The fourth-order valence-electron chi connectivity index (χ4n) is 4.78. The standard InChI is InChI=1S/C27H35N5O3/c1-5-12-29-27(28)31-26(33)18-9-7-17(8-10-18)25-20-15-23(34-4)24(35-6-2)14-19(20)21-16-32(3)13-11-22(21)30-25/h7-10,14-15,21-22H,5-6,11-13,16H2,1-4H3,(H3,28,29,31,33)/t21-,22-/m0/s1. The molecule has 1 saturated heterocycles. The van der Waals surface area contributed by atoms with Crippen LogP contribution in [0.2, 0.25) is 0 Å². The fraction of sp³-hybridized carbons (Fsp3) is 0.444. The number of fused-ring (bicyclic) bond motifs is 3. The second kappa shape index (κ2) is 10.9. The first kappa shape index (κ1) is 24.7. The van der Waals surface area contributed by atoms with Gasteiger partial charge in [-0.15, -0.1) is 0 Å². The van der Waals surface area contributed by atoms with E-state index in [0.717, 1.165) is 48.5 Å². The van der Waals surface area contributed by atoms with Crippen molar-refractivity contribution < 1.29 is 14.3 Å². The van der Waals surface area contributed by atoms with Gasteiger partial charge in [0.2, 0.25) is 0 Å². The monoisotopic (exact) mass is 477 g/mol. The number of piperidine rings is 1. The number of methoxy groups -OCH3 is 1. The van der Waals surface area contributed by atoms with Gasteiger partial charge < -0.3 is 20.1 Å². The maximum atomic E-state index is 12.6. The van der Waals surface area contributed by atoms with Crippen LogP contribution in [-0.2, 0) is 0 Å². The number of likely N-dealkylation sites (tertiary alicyclic amines) is 1. The second-order valence-electron chi connectivity index (χ2n) is 9.02. The third-order valence-electron chi connectivity index (χ3n) is 6.53. The molecule has 0 aliphatic carbocycles. The van der Waals surface area contributed by atoms with Crippen LogP contribution in [0.4, 0.5) is 0 Å². The third-order valence-corrected chi connectivity index (χ3v) is 6.53. The highest BCUT2D eigenvalue weighted by Gasteiger charge is 2.36. The number of aliphatic imine (C=N–C) groups is 2. The summed E-state index contributed by atoms with van der Waals surface area (Å²) in [7, 11) is 3.82. The molecule has 0 aromatic heterocycles.